The minimum atomic E-state index is -3.34. The van der Waals surface area contributed by atoms with Crippen LogP contribution in [0, 0.1) is 0 Å². The highest BCUT2D eigenvalue weighted by molar-refractivity contribution is 7.91. The fourth-order valence-corrected chi connectivity index (χ4v) is 3.27. The van der Waals surface area contributed by atoms with Crippen molar-refractivity contribution < 1.29 is 13.2 Å². The lowest BCUT2D eigenvalue weighted by Crippen LogP contribution is -2.42. The number of urea groups is 1. The molecular formula is C16H26N2O3S. The third kappa shape index (κ3) is 6.93. The summed E-state index contributed by atoms with van der Waals surface area (Å²) in [5.41, 5.74) is 0. The second-order valence-corrected chi connectivity index (χ2v) is 7.54. The zero-order valence-corrected chi connectivity index (χ0v) is 14.2. The summed E-state index contributed by atoms with van der Waals surface area (Å²) < 4.78 is 24.1. The van der Waals surface area contributed by atoms with Crippen LogP contribution in [0.4, 0.5) is 4.79 Å². The number of hydrogen-bond acceptors (Lipinski definition) is 3. The van der Waals surface area contributed by atoms with Gasteiger partial charge in [-0.05, 0) is 25.5 Å². The van der Waals surface area contributed by atoms with E-state index in [0.717, 1.165) is 25.7 Å². The molecule has 0 aromatic heterocycles. The Morgan fingerprint density at radius 2 is 1.86 bits per heavy atom. The smallest absolute Gasteiger partial charge is 0.315 e. The summed E-state index contributed by atoms with van der Waals surface area (Å²) in [6.45, 7) is 4.19. The molecule has 0 saturated carbocycles. The van der Waals surface area contributed by atoms with Gasteiger partial charge in [-0.25, -0.2) is 13.2 Å². The van der Waals surface area contributed by atoms with Crippen LogP contribution < -0.4 is 10.6 Å². The van der Waals surface area contributed by atoms with Crippen LogP contribution in [0.1, 0.15) is 39.5 Å². The summed E-state index contributed by atoms with van der Waals surface area (Å²) in [5.74, 6) is -0.103. The lowest BCUT2D eigenvalue weighted by molar-refractivity contribution is 0.237. The Bertz CT molecular complexity index is 544. The second-order valence-electron chi connectivity index (χ2n) is 5.43. The number of rotatable bonds is 9. The molecule has 1 unspecified atom stereocenters. The molecule has 0 fully saturated rings. The van der Waals surface area contributed by atoms with E-state index in [1.54, 1.807) is 30.3 Å². The van der Waals surface area contributed by atoms with Crippen LogP contribution >= 0.6 is 0 Å². The summed E-state index contributed by atoms with van der Waals surface area (Å²) in [6, 6.07) is 8.04. The average Bonchev–Trinajstić information content (AvgIpc) is 2.48. The molecule has 0 radical (unpaired) electrons. The van der Waals surface area contributed by atoms with Gasteiger partial charge in [0.05, 0.1) is 10.6 Å². The van der Waals surface area contributed by atoms with Gasteiger partial charge < -0.3 is 10.6 Å². The number of nitrogens with one attached hydrogen (secondary N) is 2. The lowest BCUT2D eigenvalue weighted by Gasteiger charge is -2.14. The van der Waals surface area contributed by atoms with Crippen molar-refractivity contribution in [1.29, 1.82) is 0 Å². The van der Waals surface area contributed by atoms with Gasteiger partial charge in [-0.15, -0.1) is 0 Å². The van der Waals surface area contributed by atoms with Gasteiger partial charge in [0.2, 0.25) is 0 Å². The van der Waals surface area contributed by atoms with Crippen molar-refractivity contribution in [2.24, 2.45) is 0 Å². The van der Waals surface area contributed by atoms with Gasteiger partial charge in [0, 0.05) is 12.6 Å². The Balaban J connectivity index is 2.30. The molecule has 0 heterocycles. The number of hydrogen-bond donors (Lipinski definition) is 2. The van der Waals surface area contributed by atoms with Crippen molar-refractivity contribution in [2.45, 2.75) is 50.5 Å². The van der Waals surface area contributed by atoms with Crippen molar-refractivity contribution in [3.05, 3.63) is 30.3 Å². The number of carbonyl (C=O) groups is 1. The molecule has 0 bridgehead atoms. The molecule has 22 heavy (non-hydrogen) atoms. The van der Waals surface area contributed by atoms with Gasteiger partial charge in [0.15, 0.2) is 9.84 Å². The van der Waals surface area contributed by atoms with E-state index in [0.29, 0.717) is 0 Å². The Labute approximate surface area is 133 Å². The van der Waals surface area contributed by atoms with Crippen LogP contribution in [-0.2, 0) is 9.84 Å². The molecule has 1 atom stereocenters. The average molecular weight is 326 g/mol. The molecule has 0 saturated heterocycles. The highest BCUT2D eigenvalue weighted by Gasteiger charge is 2.14. The first kappa shape index (κ1) is 18.5. The minimum absolute atomic E-state index is 0.0947. The first-order chi connectivity index (χ1) is 10.5. The van der Waals surface area contributed by atoms with Crippen molar-refractivity contribution in [3.8, 4) is 0 Å². The largest absolute Gasteiger partial charge is 0.337 e. The van der Waals surface area contributed by atoms with E-state index >= 15 is 0 Å². The minimum Gasteiger partial charge on any atom is -0.337 e. The van der Waals surface area contributed by atoms with Gasteiger partial charge in [-0.3, -0.25) is 0 Å². The molecule has 0 aliphatic rings. The van der Waals surface area contributed by atoms with E-state index in [1.807, 2.05) is 6.92 Å². The summed E-state index contributed by atoms with van der Waals surface area (Å²) in [6.07, 6.45) is 4.32. The SMILES string of the molecule is CCCCCC(C)NC(=O)NCCS(=O)(=O)c1ccccc1. The third-order valence-electron chi connectivity index (χ3n) is 3.38. The van der Waals surface area contributed by atoms with Crippen molar-refractivity contribution in [3.63, 3.8) is 0 Å². The van der Waals surface area contributed by atoms with Crippen LogP contribution in [0.25, 0.3) is 0 Å². The van der Waals surface area contributed by atoms with Gasteiger partial charge in [-0.2, -0.15) is 0 Å². The maximum Gasteiger partial charge on any atom is 0.315 e. The van der Waals surface area contributed by atoms with Crippen molar-refractivity contribution in [1.82, 2.24) is 10.6 Å². The molecule has 0 aliphatic carbocycles. The monoisotopic (exact) mass is 326 g/mol. The predicted octanol–water partition coefficient (Wildman–Crippen LogP) is 2.73. The quantitative estimate of drug-likeness (QED) is 0.685. The molecular weight excluding hydrogens is 300 g/mol. The Morgan fingerprint density at radius 1 is 1.18 bits per heavy atom. The first-order valence-electron chi connectivity index (χ1n) is 7.78. The number of unbranched alkanes of at least 4 members (excludes halogenated alkanes) is 2. The van der Waals surface area contributed by atoms with Gasteiger partial charge in [0.25, 0.3) is 0 Å². The van der Waals surface area contributed by atoms with Gasteiger partial charge in [-0.1, -0.05) is 44.4 Å². The zero-order valence-electron chi connectivity index (χ0n) is 13.3. The number of amides is 2. The van der Waals surface area contributed by atoms with E-state index in [-0.39, 0.29) is 29.3 Å². The van der Waals surface area contributed by atoms with Gasteiger partial charge >= 0.3 is 6.03 Å². The van der Waals surface area contributed by atoms with E-state index < -0.39 is 9.84 Å². The van der Waals surface area contributed by atoms with Gasteiger partial charge in [0.1, 0.15) is 0 Å². The lowest BCUT2D eigenvalue weighted by atomic mass is 10.1. The van der Waals surface area contributed by atoms with Crippen LogP contribution in [0.15, 0.2) is 35.2 Å². The fraction of sp³-hybridized carbons (Fsp3) is 0.562. The molecule has 0 spiro atoms. The highest BCUT2D eigenvalue weighted by atomic mass is 32.2. The first-order valence-corrected chi connectivity index (χ1v) is 9.43. The third-order valence-corrected chi connectivity index (χ3v) is 5.11. The molecule has 1 aromatic carbocycles. The summed E-state index contributed by atoms with van der Waals surface area (Å²) in [4.78, 5) is 12.0. The van der Waals surface area contributed by atoms with Crippen molar-refractivity contribution >= 4 is 15.9 Å². The zero-order chi connectivity index (χ0) is 16.4. The molecule has 0 aliphatic heterocycles. The molecule has 124 valence electrons. The molecule has 2 N–H and O–H groups in total. The number of sulfone groups is 1. The maximum atomic E-state index is 12.0. The Hall–Kier alpha value is -1.56. The number of carbonyl (C=O) groups excluding carboxylic acids is 1. The number of benzene rings is 1. The molecule has 6 heteroatoms. The van der Waals surface area contributed by atoms with E-state index in [9.17, 15) is 13.2 Å². The Kier molecular flexibility index (Phi) is 7.95. The van der Waals surface area contributed by atoms with E-state index in [2.05, 4.69) is 17.6 Å². The molecule has 1 rings (SSSR count). The van der Waals surface area contributed by atoms with Crippen LogP contribution in [0.2, 0.25) is 0 Å². The maximum absolute atomic E-state index is 12.0. The molecule has 2 amide bonds. The molecule has 5 nitrogen and oxygen atoms in total. The summed E-state index contributed by atoms with van der Waals surface area (Å²) >= 11 is 0. The summed E-state index contributed by atoms with van der Waals surface area (Å²) in [7, 11) is -3.34. The Morgan fingerprint density at radius 3 is 2.50 bits per heavy atom. The second kappa shape index (κ2) is 9.46. The normalized spacial score (nSPS) is 12.6. The highest BCUT2D eigenvalue weighted by Crippen LogP contribution is 2.09. The van der Waals surface area contributed by atoms with Crippen LogP contribution in [-0.4, -0.2) is 32.8 Å². The molecule has 1 aromatic rings. The fourth-order valence-electron chi connectivity index (χ4n) is 2.09. The van der Waals surface area contributed by atoms with Crippen LogP contribution in [0.5, 0.6) is 0 Å². The van der Waals surface area contributed by atoms with E-state index in [4.69, 9.17) is 0 Å². The predicted molar refractivity (Wildman–Crippen MR) is 88.6 cm³/mol. The topological polar surface area (TPSA) is 75.3 Å². The summed E-state index contributed by atoms with van der Waals surface area (Å²) in [5, 5.41) is 5.42. The van der Waals surface area contributed by atoms with Crippen molar-refractivity contribution in [2.75, 3.05) is 12.3 Å². The van der Waals surface area contributed by atoms with Crippen LogP contribution in [0.3, 0.4) is 0 Å². The van der Waals surface area contributed by atoms with E-state index in [1.165, 1.54) is 0 Å². The standard InChI is InChI=1S/C16H26N2O3S/c1-3-4-6-9-14(2)18-16(19)17-12-13-22(20,21)15-10-7-5-8-11-15/h5,7-8,10-11,14H,3-4,6,9,12-13H2,1-2H3,(H2,17,18,19).